The Kier molecular flexibility index (Phi) is 7.39. The largest absolute Gasteiger partial charge is 0.493 e. The van der Waals surface area contributed by atoms with Gasteiger partial charge in [0, 0.05) is 72.4 Å². The van der Waals surface area contributed by atoms with Gasteiger partial charge in [-0.25, -0.2) is 0 Å². The summed E-state index contributed by atoms with van der Waals surface area (Å²) in [5, 5.41) is 13.5. The van der Waals surface area contributed by atoms with Crippen molar-refractivity contribution >= 4 is 32.8 Å². The summed E-state index contributed by atoms with van der Waals surface area (Å²) in [6, 6.07) is 12.8. The maximum atomic E-state index is 9.94. The fourth-order valence-electron chi connectivity index (χ4n) is 4.81. The van der Waals surface area contributed by atoms with Gasteiger partial charge in [0.15, 0.2) is 11.5 Å². The van der Waals surface area contributed by atoms with Crippen LogP contribution in [-0.2, 0) is 11.3 Å². The molecule has 182 valence electrons. The summed E-state index contributed by atoms with van der Waals surface area (Å²) in [5.41, 5.74) is 3.09. The number of hydrogen-bond donors (Lipinski definition) is 1. The molecule has 7 nitrogen and oxygen atoms in total. The third-order valence-electron chi connectivity index (χ3n) is 6.68. The molecule has 0 aliphatic carbocycles. The molecule has 1 N–H and O–H groups in total. The fraction of sp³-hybridized carbons (Fsp3) is 0.462. The van der Waals surface area contributed by atoms with Gasteiger partial charge in [-0.05, 0) is 36.1 Å². The molecule has 0 spiro atoms. The van der Waals surface area contributed by atoms with E-state index in [4.69, 9.17) is 14.2 Å². The first-order valence-corrected chi connectivity index (χ1v) is 12.9. The molecule has 2 fully saturated rings. The second kappa shape index (κ2) is 10.8. The first kappa shape index (κ1) is 23.2. The average Bonchev–Trinajstić information content (AvgIpc) is 3.59. The summed E-state index contributed by atoms with van der Waals surface area (Å²) in [4.78, 5) is 7.14. The van der Waals surface area contributed by atoms with E-state index >= 15 is 0 Å². The van der Waals surface area contributed by atoms with E-state index in [0.717, 1.165) is 56.9 Å². The summed E-state index contributed by atoms with van der Waals surface area (Å²) >= 11 is 1.81. The lowest BCUT2D eigenvalue weighted by molar-refractivity contribution is 0.201. The Labute approximate surface area is 205 Å². The lowest BCUT2D eigenvalue weighted by Gasteiger charge is -2.36. The Morgan fingerprint density at radius 1 is 1.06 bits per heavy atom. The summed E-state index contributed by atoms with van der Waals surface area (Å²) in [7, 11) is 1.64. The van der Waals surface area contributed by atoms with Crippen LogP contribution in [0.5, 0.6) is 11.5 Å². The number of nitrogens with zero attached hydrogens (tertiary/aromatic N) is 3. The molecule has 0 radical (unpaired) electrons. The molecule has 0 saturated carbocycles. The van der Waals surface area contributed by atoms with Crippen molar-refractivity contribution in [2.75, 3.05) is 76.1 Å². The number of thiophene rings is 1. The molecule has 2 saturated heterocycles. The minimum absolute atomic E-state index is 0.0902. The van der Waals surface area contributed by atoms with Crippen LogP contribution in [0.25, 0.3) is 10.1 Å². The highest BCUT2D eigenvalue weighted by atomic mass is 32.1. The van der Waals surface area contributed by atoms with Crippen molar-refractivity contribution in [1.29, 1.82) is 0 Å². The summed E-state index contributed by atoms with van der Waals surface area (Å²) in [6.07, 6.45) is 0.926. The van der Waals surface area contributed by atoms with Gasteiger partial charge in [-0.15, -0.1) is 11.3 Å². The Bertz CT molecular complexity index is 1070. The maximum Gasteiger partial charge on any atom is 0.166 e. The molecule has 1 aromatic heterocycles. The monoisotopic (exact) mass is 483 g/mol. The number of rotatable bonds is 9. The van der Waals surface area contributed by atoms with Crippen molar-refractivity contribution in [2.24, 2.45) is 0 Å². The molecule has 8 heteroatoms. The zero-order valence-electron chi connectivity index (χ0n) is 19.7. The predicted octanol–water partition coefficient (Wildman–Crippen LogP) is 3.79. The van der Waals surface area contributed by atoms with E-state index in [1.165, 1.54) is 15.8 Å². The second-order valence-electron chi connectivity index (χ2n) is 8.74. The van der Waals surface area contributed by atoms with Gasteiger partial charge in [0.05, 0.1) is 26.9 Å². The van der Waals surface area contributed by atoms with E-state index < -0.39 is 0 Å². The molecule has 0 amide bonds. The topological polar surface area (TPSA) is 57.6 Å². The molecule has 0 unspecified atom stereocenters. The Morgan fingerprint density at radius 3 is 2.71 bits per heavy atom. The molecule has 2 aromatic carbocycles. The first-order chi connectivity index (χ1) is 16.8. The fourth-order valence-corrected chi connectivity index (χ4v) is 5.61. The molecular weight excluding hydrogens is 450 g/mol. The van der Waals surface area contributed by atoms with E-state index in [2.05, 4.69) is 44.3 Å². The van der Waals surface area contributed by atoms with Crippen molar-refractivity contribution in [3.63, 3.8) is 0 Å². The minimum Gasteiger partial charge on any atom is -0.493 e. The third-order valence-corrected chi connectivity index (χ3v) is 7.56. The Morgan fingerprint density at radius 2 is 1.94 bits per heavy atom. The molecular formula is C26H33N3O4S. The molecule has 3 aromatic rings. The zero-order chi connectivity index (χ0) is 23.3. The number of aliphatic hydroxyl groups is 1. The molecule has 2 aliphatic heterocycles. The number of hydrogen-bond acceptors (Lipinski definition) is 8. The number of fused-ring (bicyclic) bond motifs is 1. The quantitative estimate of drug-likeness (QED) is 0.465. The number of ether oxygens (including phenoxy) is 3. The molecule has 5 rings (SSSR count). The standard InChI is InChI=1S/C26H33N3O4S/c1-31-24-17-21(29-12-14-32-19-29)16-20(18-30)26(24)33-13-3-7-27-8-10-28(11-9-27)23-4-2-5-25-22(23)6-15-34-25/h2,4-6,15-17,30H,3,7-14,18-19H2,1H3. The highest BCUT2D eigenvalue weighted by molar-refractivity contribution is 7.17. The molecule has 0 atom stereocenters. The molecule has 0 bridgehead atoms. The van der Waals surface area contributed by atoms with Crippen molar-refractivity contribution < 1.29 is 19.3 Å². The average molecular weight is 484 g/mol. The van der Waals surface area contributed by atoms with Gasteiger partial charge in [-0.1, -0.05) is 6.07 Å². The predicted molar refractivity (Wildman–Crippen MR) is 138 cm³/mol. The van der Waals surface area contributed by atoms with E-state index in [9.17, 15) is 5.11 Å². The van der Waals surface area contributed by atoms with Crippen LogP contribution in [0, 0.1) is 0 Å². The summed E-state index contributed by atoms with van der Waals surface area (Å²) < 4.78 is 18.5. The van der Waals surface area contributed by atoms with Crippen molar-refractivity contribution in [1.82, 2.24) is 4.90 Å². The van der Waals surface area contributed by atoms with Crippen LogP contribution in [-0.4, -0.2) is 76.3 Å². The van der Waals surface area contributed by atoms with Crippen LogP contribution < -0.4 is 19.3 Å². The van der Waals surface area contributed by atoms with E-state index in [1.54, 1.807) is 18.4 Å². The van der Waals surface area contributed by atoms with E-state index in [1.807, 2.05) is 12.1 Å². The van der Waals surface area contributed by atoms with Crippen LogP contribution in [0.2, 0.25) is 0 Å². The summed E-state index contributed by atoms with van der Waals surface area (Å²) in [6.45, 7) is 7.80. The SMILES string of the molecule is COc1cc(N2CCOC2)cc(CO)c1OCCCN1CCN(c2cccc3sccc23)CC1. The van der Waals surface area contributed by atoms with Gasteiger partial charge < -0.3 is 29.1 Å². The van der Waals surface area contributed by atoms with Gasteiger partial charge >= 0.3 is 0 Å². The maximum absolute atomic E-state index is 9.94. The van der Waals surface area contributed by atoms with Gasteiger partial charge in [-0.3, -0.25) is 4.90 Å². The third kappa shape index (κ3) is 4.95. The smallest absolute Gasteiger partial charge is 0.166 e. The highest BCUT2D eigenvalue weighted by Crippen LogP contribution is 2.37. The van der Waals surface area contributed by atoms with Crippen LogP contribution >= 0.6 is 11.3 Å². The van der Waals surface area contributed by atoms with Gasteiger partial charge in [-0.2, -0.15) is 0 Å². The number of methoxy groups -OCH3 is 1. The van der Waals surface area contributed by atoms with Crippen LogP contribution in [0.15, 0.2) is 41.8 Å². The lowest BCUT2D eigenvalue weighted by atomic mass is 10.1. The zero-order valence-corrected chi connectivity index (χ0v) is 20.6. The second-order valence-corrected chi connectivity index (χ2v) is 9.68. The van der Waals surface area contributed by atoms with Crippen molar-refractivity contribution in [3.8, 4) is 11.5 Å². The van der Waals surface area contributed by atoms with E-state index in [0.29, 0.717) is 31.4 Å². The first-order valence-electron chi connectivity index (χ1n) is 12.0. The van der Waals surface area contributed by atoms with Crippen LogP contribution in [0.4, 0.5) is 11.4 Å². The van der Waals surface area contributed by atoms with Gasteiger partial charge in [0.1, 0.15) is 6.73 Å². The molecule has 34 heavy (non-hydrogen) atoms. The minimum atomic E-state index is -0.0902. The van der Waals surface area contributed by atoms with Crippen molar-refractivity contribution in [2.45, 2.75) is 13.0 Å². The number of piperazine rings is 1. The summed E-state index contributed by atoms with van der Waals surface area (Å²) in [5.74, 6) is 1.30. The number of anilines is 2. The lowest BCUT2D eigenvalue weighted by Crippen LogP contribution is -2.46. The number of benzene rings is 2. The van der Waals surface area contributed by atoms with E-state index in [-0.39, 0.29) is 6.61 Å². The Hall–Kier alpha value is -2.52. The van der Waals surface area contributed by atoms with Gasteiger partial charge in [0.25, 0.3) is 0 Å². The molecule has 2 aliphatic rings. The van der Waals surface area contributed by atoms with Crippen LogP contribution in [0.1, 0.15) is 12.0 Å². The van der Waals surface area contributed by atoms with Crippen LogP contribution in [0.3, 0.4) is 0 Å². The van der Waals surface area contributed by atoms with Crippen molar-refractivity contribution in [3.05, 3.63) is 47.3 Å². The normalized spacial score (nSPS) is 17.0. The Balaban J connectivity index is 1.13. The number of aliphatic hydroxyl groups excluding tert-OH is 1. The molecule has 3 heterocycles. The highest BCUT2D eigenvalue weighted by Gasteiger charge is 2.20. The van der Waals surface area contributed by atoms with Gasteiger partial charge in [0.2, 0.25) is 0 Å².